The first kappa shape index (κ1) is 13.5. The highest BCUT2D eigenvalue weighted by molar-refractivity contribution is 9.09. The number of nitrogens with zero attached hydrogens (tertiary/aromatic N) is 1. The van der Waals surface area contributed by atoms with Gasteiger partial charge in [-0.25, -0.2) is 8.42 Å². The van der Waals surface area contributed by atoms with Crippen LogP contribution in [0.2, 0.25) is 0 Å². The number of piperidine rings is 1. The third kappa shape index (κ3) is 4.41. The lowest BCUT2D eigenvalue weighted by atomic mass is 9.99. The average molecular weight is 298 g/mol. The van der Waals surface area contributed by atoms with Crippen molar-refractivity contribution in [3.05, 3.63) is 0 Å². The molecule has 1 aliphatic heterocycles. The van der Waals surface area contributed by atoms with Crippen molar-refractivity contribution in [2.24, 2.45) is 5.92 Å². The Balaban J connectivity index is 2.35. The summed E-state index contributed by atoms with van der Waals surface area (Å²) in [5.41, 5.74) is 0. The van der Waals surface area contributed by atoms with Gasteiger partial charge < -0.3 is 4.90 Å². The van der Waals surface area contributed by atoms with Crippen molar-refractivity contribution < 1.29 is 8.42 Å². The molecule has 2 atom stereocenters. The maximum absolute atomic E-state index is 11.3. The van der Waals surface area contributed by atoms with Gasteiger partial charge in [0.2, 0.25) is 0 Å². The molecular formula is C10H20BrNO2S. The molecule has 15 heavy (non-hydrogen) atoms. The van der Waals surface area contributed by atoms with Crippen molar-refractivity contribution >= 4 is 25.8 Å². The summed E-state index contributed by atoms with van der Waals surface area (Å²) in [6.07, 6.45) is 1.15. The molecule has 1 rings (SSSR count). The second-order valence-corrected chi connectivity index (χ2v) is 7.97. The first-order chi connectivity index (χ1) is 6.94. The number of likely N-dealkylation sites (tertiary alicyclic amines) is 1. The molecule has 1 saturated heterocycles. The van der Waals surface area contributed by atoms with E-state index in [0.717, 1.165) is 19.5 Å². The Morgan fingerprint density at radius 1 is 1.47 bits per heavy atom. The highest BCUT2D eigenvalue weighted by atomic mass is 79.9. The van der Waals surface area contributed by atoms with E-state index in [2.05, 4.69) is 27.8 Å². The topological polar surface area (TPSA) is 37.4 Å². The lowest BCUT2D eigenvalue weighted by Crippen LogP contribution is -2.42. The molecule has 0 radical (unpaired) electrons. The van der Waals surface area contributed by atoms with Gasteiger partial charge >= 0.3 is 0 Å². The van der Waals surface area contributed by atoms with E-state index in [1.807, 2.05) is 0 Å². The molecule has 3 nitrogen and oxygen atoms in total. The van der Waals surface area contributed by atoms with Gasteiger partial charge in [-0.1, -0.05) is 29.8 Å². The van der Waals surface area contributed by atoms with Gasteiger partial charge in [0.15, 0.2) is 9.84 Å². The second kappa shape index (κ2) is 5.64. The summed E-state index contributed by atoms with van der Waals surface area (Å²) in [5.74, 6) is 1.26. The number of alkyl halides is 1. The second-order valence-electron chi connectivity index (χ2n) is 4.32. The Morgan fingerprint density at radius 3 is 2.67 bits per heavy atom. The zero-order valence-corrected chi connectivity index (χ0v) is 11.8. The number of hydrogen-bond donors (Lipinski definition) is 0. The van der Waals surface area contributed by atoms with Crippen LogP contribution in [0.5, 0.6) is 0 Å². The van der Waals surface area contributed by atoms with Crippen LogP contribution in [0.4, 0.5) is 0 Å². The van der Waals surface area contributed by atoms with Gasteiger partial charge in [0.05, 0.1) is 5.75 Å². The minimum atomic E-state index is -2.81. The van der Waals surface area contributed by atoms with Crippen molar-refractivity contribution in [2.45, 2.75) is 25.1 Å². The Labute approximate surface area is 101 Å². The van der Waals surface area contributed by atoms with Gasteiger partial charge in [-0.3, -0.25) is 0 Å². The lowest BCUT2D eigenvalue weighted by molar-refractivity contribution is 0.211. The third-order valence-electron chi connectivity index (χ3n) is 3.11. The predicted molar refractivity (Wildman–Crippen MR) is 67.3 cm³/mol. The molecule has 0 aromatic rings. The number of halogens is 1. The smallest absolute Gasteiger partial charge is 0.151 e. The molecule has 1 fully saturated rings. The van der Waals surface area contributed by atoms with Crippen LogP contribution in [-0.2, 0) is 9.84 Å². The molecule has 0 N–H and O–H groups in total. The molecule has 0 aliphatic carbocycles. The zero-order chi connectivity index (χ0) is 11.5. The lowest BCUT2D eigenvalue weighted by Gasteiger charge is -2.34. The Morgan fingerprint density at radius 2 is 2.13 bits per heavy atom. The highest BCUT2D eigenvalue weighted by Gasteiger charge is 2.24. The molecule has 0 bridgehead atoms. The predicted octanol–water partition coefficient (Wildman–Crippen LogP) is 1.53. The van der Waals surface area contributed by atoms with Crippen LogP contribution < -0.4 is 0 Å². The molecular weight excluding hydrogens is 278 g/mol. The molecule has 0 amide bonds. The van der Waals surface area contributed by atoms with Crippen LogP contribution in [0.15, 0.2) is 0 Å². The summed E-state index contributed by atoms with van der Waals surface area (Å²) >= 11 is 3.64. The maximum atomic E-state index is 11.3. The molecule has 0 spiro atoms. The monoisotopic (exact) mass is 297 g/mol. The minimum absolute atomic E-state index is 0.259. The number of rotatable bonds is 4. The van der Waals surface area contributed by atoms with Gasteiger partial charge in [-0.15, -0.1) is 0 Å². The maximum Gasteiger partial charge on any atom is 0.151 e. The van der Waals surface area contributed by atoms with Gasteiger partial charge in [0, 0.05) is 23.7 Å². The van der Waals surface area contributed by atoms with E-state index < -0.39 is 9.84 Å². The van der Waals surface area contributed by atoms with Gasteiger partial charge in [0.25, 0.3) is 0 Å². The fraction of sp³-hybridized carbons (Fsp3) is 1.00. The summed E-state index contributed by atoms with van der Waals surface area (Å²) in [6.45, 7) is 6.63. The number of sulfone groups is 1. The molecule has 1 heterocycles. The number of hydrogen-bond acceptors (Lipinski definition) is 3. The SMILES string of the molecule is CCS(=O)(=O)CCN1CCC(C)C(Br)C1. The molecule has 90 valence electrons. The van der Waals surface area contributed by atoms with E-state index >= 15 is 0 Å². The Hall–Kier alpha value is 0.390. The average Bonchev–Trinajstić information content (AvgIpc) is 2.20. The van der Waals surface area contributed by atoms with Crippen LogP contribution in [0, 0.1) is 5.92 Å². The van der Waals surface area contributed by atoms with Gasteiger partial charge in [-0.05, 0) is 18.9 Å². The van der Waals surface area contributed by atoms with Gasteiger partial charge in [-0.2, -0.15) is 0 Å². The normalized spacial score (nSPS) is 29.3. The summed E-state index contributed by atoms with van der Waals surface area (Å²) < 4.78 is 22.7. The third-order valence-corrected chi connectivity index (χ3v) is 5.99. The van der Waals surface area contributed by atoms with E-state index in [9.17, 15) is 8.42 Å². The fourth-order valence-corrected chi connectivity index (χ4v) is 3.20. The molecule has 5 heteroatoms. The van der Waals surface area contributed by atoms with Crippen molar-refractivity contribution in [3.63, 3.8) is 0 Å². The largest absolute Gasteiger partial charge is 0.301 e. The van der Waals surface area contributed by atoms with Crippen LogP contribution in [0.3, 0.4) is 0 Å². The van der Waals surface area contributed by atoms with E-state index in [1.54, 1.807) is 6.92 Å². The first-order valence-corrected chi connectivity index (χ1v) is 8.25. The molecule has 0 aromatic carbocycles. The Bertz CT molecular complexity index is 292. The standard InChI is InChI=1S/C10H20BrNO2S/c1-3-15(13,14)7-6-12-5-4-9(2)10(11)8-12/h9-10H,3-8H2,1-2H3. The van der Waals surface area contributed by atoms with E-state index in [-0.39, 0.29) is 5.75 Å². The van der Waals surface area contributed by atoms with E-state index in [0.29, 0.717) is 23.0 Å². The van der Waals surface area contributed by atoms with Crippen molar-refractivity contribution in [1.29, 1.82) is 0 Å². The molecule has 0 saturated carbocycles. The van der Waals surface area contributed by atoms with Crippen LogP contribution in [-0.4, -0.2) is 49.3 Å². The summed E-state index contributed by atoms with van der Waals surface area (Å²) in [6, 6.07) is 0. The van der Waals surface area contributed by atoms with E-state index in [1.165, 1.54) is 0 Å². The zero-order valence-electron chi connectivity index (χ0n) is 9.45. The van der Waals surface area contributed by atoms with Gasteiger partial charge in [0.1, 0.15) is 0 Å². The molecule has 2 unspecified atom stereocenters. The fourth-order valence-electron chi connectivity index (χ4n) is 1.70. The summed E-state index contributed by atoms with van der Waals surface area (Å²) in [7, 11) is -2.81. The highest BCUT2D eigenvalue weighted by Crippen LogP contribution is 2.22. The molecule has 1 aliphatic rings. The van der Waals surface area contributed by atoms with Crippen LogP contribution in [0.25, 0.3) is 0 Å². The van der Waals surface area contributed by atoms with Crippen LogP contribution >= 0.6 is 15.9 Å². The van der Waals surface area contributed by atoms with Crippen molar-refractivity contribution in [1.82, 2.24) is 4.90 Å². The first-order valence-electron chi connectivity index (χ1n) is 5.51. The summed E-state index contributed by atoms with van der Waals surface area (Å²) in [5, 5.41) is 0. The van der Waals surface area contributed by atoms with Crippen molar-refractivity contribution in [3.8, 4) is 0 Å². The van der Waals surface area contributed by atoms with Crippen LogP contribution in [0.1, 0.15) is 20.3 Å². The Kier molecular flexibility index (Phi) is 5.06. The van der Waals surface area contributed by atoms with E-state index in [4.69, 9.17) is 0 Å². The minimum Gasteiger partial charge on any atom is -0.301 e. The quantitative estimate of drug-likeness (QED) is 0.739. The van der Waals surface area contributed by atoms with Crippen molar-refractivity contribution in [2.75, 3.05) is 31.1 Å². The summed E-state index contributed by atoms with van der Waals surface area (Å²) in [4.78, 5) is 2.75. The molecule has 0 aromatic heterocycles.